The number of rotatable bonds is 4. The van der Waals surface area contributed by atoms with Crippen molar-refractivity contribution in [2.45, 2.75) is 52.6 Å². The van der Waals surface area contributed by atoms with Crippen LogP contribution in [-0.4, -0.2) is 41.7 Å². The zero-order valence-electron chi connectivity index (χ0n) is 18.2. The maximum absolute atomic E-state index is 13.8. The first-order chi connectivity index (χ1) is 14.3. The van der Waals surface area contributed by atoms with Gasteiger partial charge in [0.1, 0.15) is 28.0 Å². The van der Waals surface area contributed by atoms with Crippen molar-refractivity contribution in [3.63, 3.8) is 0 Å². The highest BCUT2D eigenvalue weighted by molar-refractivity contribution is 9.10. The lowest BCUT2D eigenvalue weighted by Crippen LogP contribution is -2.44. The summed E-state index contributed by atoms with van der Waals surface area (Å²) < 4.78 is 11.1. The van der Waals surface area contributed by atoms with Gasteiger partial charge in [-0.15, -0.1) is 0 Å². The van der Waals surface area contributed by atoms with Crippen molar-refractivity contribution >= 4 is 51.2 Å². The molecule has 1 aliphatic carbocycles. The Morgan fingerprint density at radius 3 is 2.19 bits per heavy atom. The number of nitrogens with zero attached hydrogens (tertiary/aromatic N) is 1. The first-order valence-electron chi connectivity index (χ1n) is 9.84. The van der Waals surface area contributed by atoms with Crippen molar-refractivity contribution in [3.8, 4) is 0 Å². The van der Waals surface area contributed by atoms with Gasteiger partial charge in [0.2, 0.25) is 5.91 Å². The Morgan fingerprint density at radius 2 is 1.71 bits per heavy atom. The molecule has 0 bridgehead atoms. The number of esters is 1. The molecule has 0 saturated heterocycles. The van der Waals surface area contributed by atoms with Crippen LogP contribution in [0.25, 0.3) is 0 Å². The molecule has 9 heteroatoms. The molecule has 0 radical (unpaired) electrons. The number of fused-ring (bicyclic) bond motifs is 2. The van der Waals surface area contributed by atoms with E-state index in [1.54, 1.807) is 39.8 Å². The number of amides is 2. The molecule has 1 aliphatic heterocycles. The van der Waals surface area contributed by atoms with Gasteiger partial charge < -0.3 is 9.47 Å². The standard InChI is InChI=1S/C22H24BrNO7/c1-7-30-17(27)16-21(11(2)25,12(3)26)22(16)14-10-13(23)8-9-15(14)24(18(22)28)19(29)31-20(4,5)6/h8-10,16H,7H2,1-6H3/t16-,22+/m1/s1. The Morgan fingerprint density at radius 1 is 1.13 bits per heavy atom. The summed E-state index contributed by atoms with van der Waals surface area (Å²) in [7, 11) is 0. The van der Waals surface area contributed by atoms with Crippen molar-refractivity contribution in [2.75, 3.05) is 11.5 Å². The number of ether oxygens (including phenoxy) is 2. The summed E-state index contributed by atoms with van der Waals surface area (Å²) in [5, 5.41) is 0. The van der Waals surface area contributed by atoms with Crippen LogP contribution < -0.4 is 4.90 Å². The molecule has 31 heavy (non-hydrogen) atoms. The van der Waals surface area contributed by atoms with Crippen molar-refractivity contribution in [3.05, 3.63) is 28.2 Å². The predicted octanol–water partition coefficient (Wildman–Crippen LogP) is 3.33. The van der Waals surface area contributed by atoms with E-state index in [2.05, 4.69) is 15.9 Å². The minimum Gasteiger partial charge on any atom is -0.466 e. The van der Waals surface area contributed by atoms with Crippen molar-refractivity contribution in [1.82, 2.24) is 0 Å². The van der Waals surface area contributed by atoms with Crippen LogP contribution in [0.15, 0.2) is 22.7 Å². The summed E-state index contributed by atoms with van der Waals surface area (Å²) in [6.07, 6.45) is -0.950. The van der Waals surface area contributed by atoms with Gasteiger partial charge in [0.15, 0.2) is 0 Å². The number of carbonyl (C=O) groups is 5. The molecule has 1 spiro atoms. The second kappa shape index (κ2) is 7.25. The molecule has 1 heterocycles. The number of Topliss-reactive ketones (excluding diaryl/α,β-unsaturated/α-hetero) is 2. The first-order valence-corrected chi connectivity index (χ1v) is 10.6. The smallest absolute Gasteiger partial charge is 0.421 e. The molecule has 1 fully saturated rings. The highest BCUT2D eigenvalue weighted by Gasteiger charge is 2.91. The van der Waals surface area contributed by atoms with Crippen molar-refractivity contribution in [2.24, 2.45) is 11.3 Å². The SMILES string of the molecule is CCOC(=O)[C@@H]1C(C(C)=O)(C(C)=O)[C@]12C(=O)N(C(=O)OC(C)(C)C)c1ccc(Br)cc12. The summed E-state index contributed by atoms with van der Waals surface area (Å²) in [5.41, 5.74) is -4.32. The summed E-state index contributed by atoms with van der Waals surface area (Å²) >= 11 is 3.34. The van der Waals surface area contributed by atoms with Gasteiger partial charge >= 0.3 is 12.1 Å². The monoisotopic (exact) mass is 493 g/mol. The second-order valence-corrected chi connectivity index (χ2v) is 9.61. The third-order valence-electron chi connectivity index (χ3n) is 5.78. The zero-order valence-corrected chi connectivity index (χ0v) is 19.8. The van der Waals surface area contributed by atoms with Crippen LogP contribution in [0.3, 0.4) is 0 Å². The van der Waals surface area contributed by atoms with E-state index in [1.165, 1.54) is 19.9 Å². The van der Waals surface area contributed by atoms with Gasteiger partial charge in [0.05, 0.1) is 18.2 Å². The van der Waals surface area contributed by atoms with Gasteiger partial charge in [-0.2, -0.15) is 0 Å². The Kier molecular flexibility index (Phi) is 5.41. The van der Waals surface area contributed by atoms with Crippen LogP contribution in [0, 0.1) is 11.3 Å². The Balaban J connectivity index is 2.31. The third kappa shape index (κ3) is 2.96. The van der Waals surface area contributed by atoms with Gasteiger partial charge in [0, 0.05) is 4.47 Å². The highest BCUT2D eigenvalue weighted by atomic mass is 79.9. The number of anilines is 1. The molecule has 1 aromatic rings. The summed E-state index contributed by atoms with van der Waals surface area (Å²) in [6, 6.07) is 4.69. The minimum absolute atomic E-state index is 0.00656. The average molecular weight is 494 g/mol. The van der Waals surface area contributed by atoms with Crippen LogP contribution >= 0.6 is 15.9 Å². The quantitative estimate of drug-likeness (QED) is 0.467. The third-order valence-corrected chi connectivity index (χ3v) is 6.27. The number of halogens is 1. The van der Waals surface area contributed by atoms with Gasteiger partial charge in [-0.1, -0.05) is 15.9 Å². The predicted molar refractivity (Wildman–Crippen MR) is 113 cm³/mol. The van der Waals surface area contributed by atoms with E-state index in [0.717, 1.165) is 4.90 Å². The molecule has 1 aromatic carbocycles. The largest absolute Gasteiger partial charge is 0.466 e. The Bertz CT molecular complexity index is 1010. The van der Waals surface area contributed by atoms with Gasteiger partial charge in [0.25, 0.3) is 0 Å². The number of carbonyl (C=O) groups excluding carboxylic acids is 5. The van der Waals surface area contributed by atoms with Crippen molar-refractivity contribution in [1.29, 1.82) is 0 Å². The topological polar surface area (TPSA) is 107 Å². The first kappa shape index (κ1) is 23.1. The Labute approximate surface area is 188 Å². The maximum atomic E-state index is 13.8. The molecule has 2 aliphatic rings. The van der Waals surface area contributed by atoms with E-state index in [-0.39, 0.29) is 17.9 Å². The van der Waals surface area contributed by atoms with E-state index in [0.29, 0.717) is 4.47 Å². The summed E-state index contributed by atoms with van der Waals surface area (Å²) in [4.78, 5) is 66.3. The van der Waals surface area contributed by atoms with E-state index in [1.807, 2.05) is 0 Å². The maximum Gasteiger partial charge on any atom is 0.421 e. The number of ketones is 2. The van der Waals surface area contributed by atoms with Gasteiger partial charge in [-0.05, 0) is 65.3 Å². The zero-order chi connectivity index (χ0) is 23.5. The molecule has 2 amide bonds. The number of hydrogen-bond acceptors (Lipinski definition) is 7. The number of hydrogen-bond donors (Lipinski definition) is 0. The molecule has 166 valence electrons. The van der Waals surface area contributed by atoms with Gasteiger partial charge in [-0.25, -0.2) is 9.69 Å². The molecule has 2 atom stereocenters. The fourth-order valence-corrected chi connectivity index (χ4v) is 5.19. The van der Waals surface area contributed by atoms with E-state index in [4.69, 9.17) is 9.47 Å². The molecular weight excluding hydrogens is 470 g/mol. The molecule has 1 saturated carbocycles. The second-order valence-electron chi connectivity index (χ2n) is 8.70. The lowest BCUT2D eigenvalue weighted by atomic mass is 9.82. The average Bonchev–Trinajstić information content (AvgIpc) is 3.21. The fraction of sp³-hybridized carbons (Fsp3) is 0.500. The molecule has 8 nitrogen and oxygen atoms in total. The normalized spacial score (nSPS) is 23.4. The van der Waals surface area contributed by atoms with E-state index < -0.39 is 51.9 Å². The van der Waals surface area contributed by atoms with E-state index in [9.17, 15) is 24.0 Å². The Hall–Kier alpha value is -2.55. The van der Waals surface area contributed by atoms with E-state index >= 15 is 0 Å². The molecule has 0 N–H and O–H groups in total. The van der Waals surface area contributed by atoms with Gasteiger partial charge in [-0.3, -0.25) is 19.2 Å². The number of benzene rings is 1. The lowest BCUT2D eigenvalue weighted by molar-refractivity contribution is -0.149. The molecular formula is C22H24BrNO7. The van der Waals surface area contributed by atoms with Crippen LogP contribution in [0.2, 0.25) is 0 Å². The van der Waals surface area contributed by atoms with Crippen LogP contribution in [0.1, 0.15) is 47.1 Å². The van der Waals surface area contributed by atoms with Crippen LogP contribution in [0.5, 0.6) is 0 Å². The lowest BCUT2D eigenvalue weighted by Gasteiger charge is -2.24. The van der Waals surface area contributed by atoms with Crippen LogP contribution in [0.4, 0.5) is 10.5 Å². The van der Waals surface area contributed by atoms with Crippen molar-refractivity contribution < 1.29 is 33.4 Å². The minimum atomic E-state index is -1.96. The molecule has 0 unspecified atom stereocenters. The fourth-order valence-electron chi connectivity index (χ4n) is 4.83. The molecule has 3 rings (SSSR count). The highest BCUT2D eigenvalue weighted by Crippen LogP contribution is 2.75. The number of imide groups is 1. The van der Waals surface area contributed by atoms with Crippen LogP contribution in [-0.2, 0) is 34.1 Å². The summed E-state index contributed by atoms with van der Waals surface area (Å²) in [5.74, 6) is -4.33. The molecule has 0 aromatic heterocycles. The summed E-state index contributed by atoms with van der Waals surface area (Å²) in [6.45, 7) is 8.89.